The first-order chi connectivity index (χ1) is 9.12. The van der Waals surface area contributed by atoms with E-state index in [1.807, 2.05) is 0 Å². The second-order valence-electron chi connectivity index (χ2n) is 4.46. The maximum Gasteiger partial charge on any atom is 0.255 e. The molecule has 1 aromatic rings. The van der Waals surface area contributed by atoms with Gasteiger partial charge in [0, 0.05) is 6.54 Å². The topological polar surface area (TPSA) is 73.6 Å². The summed E-state index contributed by atoms with van der Waals surface area (Å²) in [5.41, 5.74) is 5.96. The van der Waals surface area contributed by atoms with Crippen LogP contribution < -0.4 is 20.5 Å². The van der Waals surface area contributed by atoms with Gasteiger partial charge >= 0.3 is 0 Å². The fraction of sp³-hybridized carbons (Fsp3) is 0.500. The summed E-state index contributed by atoms with van der Waals surface area (Å²) >= 11 is 0. The molecule has 0 aliphatic carbocycles. The molecule has 0 aliphatic rings. The van der Waals surface area contributed by atoms with Gasteiger partial charge in [0.2, 0.25) is 0 Å². The van der Waals surface area contributed by atoms with Gasteiger partial charge in [-0.15, -0.1) is 0 Å². The van der Waals surface area contributed by atoms with Crippen molar-refractivity contribution in [1.29, 1.82) is 0 Å². The van der Waals surface area contributed by atoms with Crippen molar-refractivity contribution in [3.63, 3.8) is 0 Å². The lowest BCUT2D eigenvalue weighted by Crippen LogP contribution is -2.29. The molecule has 0 aromatic heterocycles. The van der Waals surface area contributed by atoms with Crippen molar-refractivity contribution >= 4 is 5.91 Å². The van der Waals surface area contributed by atoms with Crippen molar-refractivity contribution in [2.75, 3.05) is 27.3 Å². The first kappa shape index (κ1) is 15.3. The van der Waals surface area contributed by atoms with Crippen LogP contribution in [0.5, 0.6) is 11.5 Å². The lowest BCUT2D eigenvalue weighted by atomic mass is 10.1. The molecular weight excluding hydrogens is 244 g/mol. The van der Waals surface area contributed by atoms with Gasteiger partial charge in [-0.2, -0.15) is 0 Å². The van der Waals surface area contributed by atoms with E-state index in [1.54, 1.807) is 25.3 Å². The standard InChI is InChI=1S/C14H22N2O3/c1-10(6-7-15)9-16-14(17)12-8-11(18-2)4-5-13(12)19-3/h4-5,8,10H,6-7,9,15H2,1-3H3,(H,16,17). The maximum atomic E-state index is 12.1. The van der Waals surface area contributed by atoms with Crippen LogP contribution in [0.1, 0.15) is 23.7 Å². The highest BCUT2D eigenvalue weighted by Crippen LogP contribution is 2.23. The second kappa shape index (κ2) is 7.63. The minimum absolute atomic E-state index is 0.167. The number of carbonyl (C=O) groups excluding carboxylic acids is 1. The lowest BCUT2D eigenvalue weighted by molar-refractivity contribution is 0.0944. The van der Waals surface area contributed by atoms with E-state index in [-0.39, 0.29) is 5.91 Å². The summed E-state index contributed by atoms with van der Waals surface area (Å²) in [7, 11) is 3.10. The van der Waals surface area contributed by atoms with Crippen LogP contribution in [0.2, 0.25) is 0 Å². The number of methoxy groups -OCH3 is 2. The molecule has 0 saturated carbocycles. The molecule has 5 heteroatoms. The molecule has 3 N–H and O–H groups in total. The smallest absolute Gasteiger partial charge is 0.255 e. The third-order valence-electron chi connectivity index (χ3n) is 2.92. The second-order valence-corrected chi connectivity index (χ2v) is 4.46. The van der Waals surface area contributed by atoms with Gasteiger partial charge in [0.05, 0.1) is 19.8 Å². The number of ether oxygens (including phenoxy) is 2. The first-order valence-corrected chi connectivity index (χ1v) is 6.32. The molecule has 0 bridgehead atoms. The van der Waals surface area contributed by atoms with Crippen LogP contribution in [0.15, 0.2) is 18.2 Å². The third kappa shape index (κ3) is 4.44. The Labute approximate surface area is 114 Å². The highest BCUT2D eigenvalue weighted by molar-refractivity contribution is 5.97. The van der Waals surface area contributed by atoms with Crippen LogP contribution in [0.4, 0.5) is 0 Å². The van der Waals surface area contributed by atoms with E-state index in [0.29, 0.717) is 36.1 Å². The number of nitrogens with one attached hydrogen (secondary N) is 1. The largest absolute Gasteiger partial charge is 0.497 e. The Bertz CT molecular complexity index is 421. The molecule has 0 fully saturated rings. The summed E-state index contributed by atoms with van der Waals surface area (Å²) in [6, 6.07) is 5.14. The van der Waals surface area contributed by atoms with E-state index in [1.165, 1.54) is 7.11 Å². The quantitative estimate of drug-likeness (QED) is 0.782. The Morgan fingerprint density at radius 2 is 2.11 bits per heavy atom. The summed E-state index contributed by atoms with van der Waals surface area (Å²) in [4.78, 5) is 12.1. The Hall–Kier alpha value is -1.75. The van der Waals surface area contributed by atoms with Crippen molar-refractivity contribution in [3.8, 4) is 11.5 Å². The van der Waals surface area contributed by atoms with Crippen LogP contribution in [0.25, 0.3) is 0 Å². The minimum atomic E-state index is -0.167. The number of rotatable bonds is 7. The van der Waals surface area contributed by atoms with Crippen molar-refractivity contribution in [3.05, 3.63) is 23.8 Å². The number of benzene rings is 1. The van der Waals surface area contributed by atoms with Crippen molar-refractivity contribution in [2.24, 2.45) is 11.7 Å². The molecule has 19 heavy (non-hydrogen) atoms. The van der Waals surface area contributed by atoms with Crippen molar-refractivity contribution in [2.45, 2.75) is 13.3 Å². The van der Waals surface area contributed by atoms with E-state index in [2.05, 4.69) is 12.2 Å². The molecule has 106 valence electrons. The number of hydrogen-bond donors (Lipinski definition) is 2. The first-order valence-electron chi connectivity index (χ1n) is 6.32. The zero-order valence-electron chi connectivity index (χ0n) is 11.7. The molecule has 1 rings (SSSR count). The Morgan fingerprint density at radius 3 is 2.68 bits per heavy atom. The minimum Gasteiger partial charge on any atom is -0.497 e. The molecule has 0 heterocycles. The molecule has 0 aliphatic heterocycles. The summed E-state index contributed by atoms with van der Waals surface area (Å²) in [6.45, 7) is 3.27. The zero-order valence-corrected chi connectivity index (χ0v) is 11.7. The molecular formula is C14H22N2O3. The molecule has 1 atom stereocenters. The van der Waals surface area contributed by atoms with Crippen LogP contribution in [0.3, 0.4) is 0 Å². The third-order valence-corrected chi connectivity index (χ3v) is 2.92. The van der Waals surface area contributed by atoms with Crippen LogP contribution in [-0.2, 0) is 0 Å². The van der Waals surface area contributed by atoms with E-state index < -0.39 is 0 Å². The van der Waals surface area contributed by atoms with Crippen LogP contribution in [0, 0.1) is 5.92 Å². The lowest BCUT2D eigenvalue weighted by Gasteiger charge is -2.13. The molecule has 0 radical (unpaired) electrons. The summed E-state index contributed by atoms with van der Waals surface area (Å²) in [5.74, 6) is 1.34. The highest BCUT2D eigenvalue weighted by atomic mass is 16.5. The summed E-state index contributed by atoms with van der Waals surface area (Å²) in [5, 5.41) is 2.88. The van der Waals surface area contributed by atoms with Crippen molar-refractivity contribution in [1.82, 2.24) is 5.32 Å². The predicted octanol–water partition coefficient (Wildman–Crippen LogP) is 1.42. The van der Waals surface area contributed by atoms with Gasteiger partial charge in [-0.05, 0) is 37.1 Å². The molecule has 1 amide bonds. The van der Waals surface area contributed by atoms with Gasteiger partial charge in [-0.1, -0.05) is 6.92 Å². The normalized spacial score (nSPS) is 11.8. The van der Waals surface area contributed by atoms with Gasteiger partial charge in [0.15, 0.2) is 0 Å². The van der Waals surface area contributed by atoms with Gasteiger partial charge < -0.3 is 20.5 Å². The molecule has 5 nitrogen and oxygen atoms in total. The van der Waals surface area contributed by atoms with E-state index in [9.17, 15) is 4.79 Å². The predicted molar refractivity (Wildman–Crippen MR) is 74.7 cm³/mol. The molecule has 1 aromatic carbocycles. The Kier molecular flexibility index (Phi) is 6.15. The summed E-state index contributed by atoms with van der Waals surface area (Å²) < 4.78 is 10.3. The van der Waals surface area contributed by atoms with E-state index in [0.717, 1.165) is 6.42 Å². The molecule has 0 saturated heterocycles. The van der Waals surface area contributed by atoms with Gasteiger partial charge in [-0.25, -0.2) is 0 Å². The van der Waals surface area contributed by atoms with E-state index >= 15 is 0 Å². The van der Waals surface area contributed by atoms with Gasteiger partial charge in [0.1, 0.15) is 11.5 Å². The van der Waals surface area contributed by atoms with Crippen LogP contribution >= 0.6 is 0 Å². The van der Waals surface area contributed by atoms with Crippen molar-refractivity contribution < 1.29 is 14.3 Å². The average Bonchev–Trinajstić information content (AvgIpc) is 2.44. The Balaban J connectivity index is 2.74. The number of nitrogens with two attached hydrogens (primary N) is 1. The monoisotopic (exact) mass is 266 g/mol. The fourth-order valence-electron chi connectivity index (χ4n) is 1.74. The fourth-order valence-corrected chi connectivity index (χ4v) is 1.74. The zero-order chi connectivity index (χ0) is 14.3. The number of amides is 1. The molecule has 1 unspecified atom stereocenters. The summed E-state index contributed by atoms with van der Waals surface area (Å²) in [6.07, 6.45) is 0.884. The van der Waals surface area contributed by atoms with Gasteiger partial charge in [-0.3, -0.25) is 4.79 Å². The van der Waals surface area contributed by atoms with Gasteiger partial charge in [0.25, 0.3) is 5.91 Å². The highest BCUT2D eigenvalue weighted by Gasteiger charge is 2.14. The Morgan fingerprint density at radius 1 is 1.37 bits per heavy atom. The van der Waals surface area contributed by atoms with Crippen LogP contribution in [-0.4, -0.2) is 33.2 Å². The van der Waals surface area contributed by atoms with E-state index in [4.69, 9.17) is 15.2 Å². The molecule has 0 spiro atoms. The maximum absolute atomic E-state index is 12.1. The number of hydrogen-bond acceptors (Lipinski definition) is 4. The SMILES string of the molecule is COc1ccc(OC)c(C(=O)NCC(C)CCN)c1. The number of carbonyl (C=O) groups is 1. The average molecular weight is 266 g/mol.